The van der Waals surface area contributed by atoms with E-state index in [9.17, 15) is 9.90 Å². The Balaban J connectivity index is 2.25. The molecule has 0 heterocycles. The van der Waals surface area contributed by atoms with E-state index in [1.54, 1.807) is 0 Å². The third-order valence-electron chi connectivity index (χ3n) is 3.70. The molecule has 0 bridgehead atoms. The van der Waals surface area contributed by atoms with E-state index in [1.807, 2.05) is 51.1 Å². The van der Waals surface area contributed by atoms with E-state index in [0.29, 0.717) is 0 Å². The van der Waals surface area contributed by atoms with Crippen molar-refractivity contribution in [3.05, 3.63) is 70.8 Å². The lowest BCUT2D eigenvalue weighted by Crippen LogP contribution is -2.31. The van der Waals surface area contributed by atoms with Crippen molar-refractivity contribution in [3.8, 4) is 0 Å². The van der Waals surface area contributed by atoms with Crippen molar-refractivity contribution in [2.75, 3.05) is 0 Å². The van der Waals surface area contributed by atoms with Crippen molar-refractivity contribution in [2.24, 2.45) is 0 Å². The van der Waals surface area contributed by atoms with Crippen molar-refractivity contribution in [1.29, 1.82) is 0 Å². The largest absolute Gasteiger partial charge is 0.480 e. The molecule has 0 radical (unpaired) electrons. The first-order chi connectivity index (χ1) is 9.99. The lowest BCUT2D eigenvalue weighted by Gasteiger charge is -2.22. The summed E-state index contributed by atoms with van der Waals surface area (Å²) in [6.07, 6.45) is 0. The zero-order chi connectivity index (χ0) is 15.4. The zero-order valence-corrected chi connectivity index (χ0v) is 12.6. The highest BCUT2D eigenvalue weighted by atomic mass is 16.4. The van der Waals surface area contributed by atoms with Gasteiger partial charge in [-0.05, 0) is 37.5 Å². The van der Waals surface area contributed by atoms with Crippen LogP contribution in [-0.2, 0) is 4.79 Å². The molecule has 0 amide bonds. The van der Waals surface area contributed by atoms with Crippen molar-refractivity contribution < 1.29 is 9.90 Å². The molecule has 0 aromatic heterocycles. The summed E-state index contributed by atoms with van der Waals surface area (Å²) in [7, 11) is 0. The van der Waals surface area contributed by atoms with Gasteiger partial charge in [-0.2, -0.15) is 0 Å². The minimum atomic E-state index is -0.863. The van der Waals surface area contributed by atoms with Crippen LogP contribution in [0.25, 0.3) is 0 Å². The molecule has 2 aromatic carbocycles. The first-order valence-corrected chi connectivity index (χ1v) is 7.10. The number of benzene rings is 2. The molecule has 2 aromatic rings. The Labute approximate surface area is 125 Å². The van der Waals surface area contributed by atoms with Crippen LogP contribution < -0.4 is 5.32 Å². The van der Waals surface area contributed by atoms with Gasteiger partial charge in [0.1, 0.15) is 6.04 Å². The van der Waals surface area contributed by atoms with Crippen molar-refractivity contribution in [3.63, 3.8) is 0 Å². The molecule has 0 fully saturated rings. The summed E-state index contributed by atoms with van der Waals surface area (Å²) in [5.41, 5.74) is 4.24. The second kappa shape index (κ2) is 6.55. The molecule has 21 heavy (non-hydrogen) atoms. The summed E-state index contributed by atoms with van der Waals surface area (Å²) in [4.78, 5) is 11.6. The monoisotopic (exact) mass is 283 g/mol. The number of aliphatic carboxylic acids is 1. The number of aryl methyl sites for hydroxylation is 2. The van der Waals surface area contributed by atoms with Crippen LogP contribution in [0.3, 0.4) is 0 Å². The summed E-state index contributed by atoms with van der Waals surface area (Å²) in [5, 5.41) is 12.7. The highest BCUT2D eigenvalue weighted by Crippen LogP contribution is 2.23. The van der Waals surface area contributed by atoms with Gasteiger partial charge in [0.15, 0.2) is 0 Å². The van der Waals surface area contributed by atoms with Crippen LogP contribution in [0.4, 0.5) is 0 Å². The van der Waals surface area contributed by atoms with Gasteiger partial charge in [-0.15, -0.1) is 0 Å². The molecule has 2 atom stereocenters. The van der Waals surface area contributed by atoms with E-state index in [-0.39, 0.29) is 6.04 Å². The number of hydrogen-bond acceptors (Lipinski definition) is 2. The molecule has 0 saturated heterocycles. The molecular formula is C18H21NO2. The fourth-order valence-corrected chi connectivity index (χ4v) is 2.52. The van der Waals surface area contributed by atoms with Gasteiger partial charge in [0.25, 0.3) is 0 Å². The highest BCUT2D eigenvalue weighted by Gasteiger charge is 2.22. The second-order valence-corrected chi connectivity index (χ2v) is 5.43. The lowest BCUT2D eigenvalue weighted by atomic mass is 9.98. The first-order valence-electron chi connectivity index (χ1n) is 7.10. The van der Waals surface area contributed by atoms with E-state index in [1.165, 1.54) is 5.56 Å². The minimum absolute atomic E-state index is 0.0359. The van der Waals surface area contributed by atoms with Crippen molar-refractivity contribution in [2.45, 2.75) is 32.9 Å². The Kier molecular flexibility index (Phi) is 4.76. The molecule has 2 N–H and O–H groups in total. The molecular weight excluding hydrogens is 262 g/mol. The van der Waals surface area contributed by atoms with Gasteiger partial charge < -0.3 is 5.11 Å². The smallest absolute Gasteiger partial charge is 0.325 e. The first kappa shape index (κ1) is 15.3. The Bertz CT molecular complexity index is 622. The molecule has 0 aliphatic carbocycles. The third-order valence-corrected chi connectivity index (χ3v) is 3.70. The van der Waals surface area contributed by atoms with E-state index < -0.39 is 12.0 Å². The van der Waals surface area contributed by atoms with Gasteiger partial charge in [0, 0.05) is 6.04 Å². The number of rotatable bonds is 5. The van der Waals surface area contributed by atoms with E-state index >= 15 is 0 Å². The predicted molar refractivity (Wildman–Crippen MR) is 84.3 cm³/mol. The third kappa shape index (κ3) is 3.70. The number of carbonyl (C=O) groups is 1. The van der Waals surface area contributed by atoms with Gasteiger partial charge in [-0.1, -0.05) is 54.1 Å². The summed E-state index contributed by atoms with van der Waals surface area (Å²) < 4.78 is 0. The molecule has 110 valence electrons. The zero-order valence-electron chi connectivity index (χ0n) is 12.6. The lowest BCUT2D eigenvalue weighted by molar-refractivity contribution is -0.139. The van der Waals surface area contributed by atoms with Crippen LogP contribution in [0.15, 0.2) is 48.5 Å². The van der Waals surface area contributed by atoms with Crippen LogP contribution in [-0.4, -0.2) is 11.1 Å². The summed E-state index contributed by atoms with van der Waals surface area (Å²) >= 11 is 0. The molecule has 0 spiro atoms. The quantitative estimate of drug-likeness (QED) is 0.878. The van der Waals surface area contributed by atoms with Gasteiger partial charge in [0.2, 0.25) is 0 Å². The van der Waals surface area contributed by atoms with Crippen LogP contribution in [0.2, 0.25) is 0 Å². The molecule has 3 heteroatoms. The molecule has 0 aliphatic rings. The van der Waals surface area contributed by atoms with Crippen LogP contribution in [0, 0.1) is 13.8 Å². The average Bonchev–Trinajstić information content (AvgIpc) is 2.47. The van der Waals surface area contributed by atoms with Crippen molar-refractivity contribution in [1.82, 2.24) is 5.32 Å². The van der Waals surface area contributed by atoms with Crippen LogP contribution >= 0.6 is 0 Å². The topological polar surface area (TPSA) is 49.3 Å². The maximum Gasteiger partial charge on any atom is 0.325 e. The van der Waals surface area contributed by atoms with Gasteiger partial charge in [-0.25, -0.2) is 0 Å². The fourth-order valence-electron chi connectivity index (χ4n) is 2.52. The Hall–Kier alpha value is -2.13. The molecule has 2 rings (SSSR count). The second-order valence-electron chi connectivity index (χ2n) is 5.43. The normalized spacial score (nSPS) is 13.7. The summed E-state index contributed by atoms with van der Waals surface area (Å²) in [5.74, 6) is -0.863. The molecule has 2 unspecified atom stereocenters. The average molecular weight is 283 g/mol. The fraction of sp³-hybridized carbons (Fsp3) is 0.278. The van der Waals surface area contributed by atoms with E-state index in [2.05, 4.69) is 23.5 Å². The summed E-state index contributed by atoms with van der Waals surface area (Å²) in [6, 6.07) is 14.8. The molecule has 0 aliphatic heterocycles. The van der Waals surface area contributed by atoms with Crippen LogP contribution in [0.1, 0.15) is 41.3 Å². The van der Waals surface area contributed by atoms with E-state index in [4.69, 9.17) is 0 Å². The van der Waals surface area contributed by atoms with Crippen LogP contribution in [0.5, 0.6) is 0 Å². The predicted octanol–water partition coefficient (Wildman–Crippen LogP) is 3.78. The Morgan fingerprint density at radius 3 is 2.38 bits per heavy atom. The summed E-state index contributed by atoms with van der Waals surface area (Å²) in [6.45, 7) is 6.09. The Morgan fingerprint density at radius 2 is 1.76 bits per heavy atom. The minimum Gasteiger partial charge on any atom is -0.480 e. The van der Waals surface area contributed by atoms with Gasteiger partial charge in [0.05, 0.1) is 0 Å². The number of carboxylic acids is 1. The number of hydrogen-bond donors (Lipinski definition) is 2. The standard InChI is InChI=1S/C18H21NO2/c1-12-9-10-13(2)16(11-12)14(3)19-17(18(20)21)15-7-5-4-6-8-15/h4-11,14,17,19H,1-3H3,(H,20,21). The SMILES string of the molecule is Cc1ccc(C)c(C(C)NC(C(=O)O)c2ccccc2)c1. The van der Waals surface area contributed by atoms with Gasteiger partial charge >= 0.3 is 5.97 Å². The van der Waals surface area contributed by atoms with Crippen molar-refractivity contribution >= 4 is 5.97 Å². The maximum absolute atomic E-state index is 11.6. The molecule has 0 saturated carbocycles. The maximum atomic E-state index is 11.6. The van der Waals surface area contributed by atoms with E-state index in [0.717, 1.165) is 16.7 Å². The Morgan fingerprint density at radius 1 is 1.10 bits per heavy atom. The van der Waals surface area contributed by atoms with Gasteiger partial charge in [-0.3, -0.25) is 10.1 Å². The molecule has 3 nitrogen and oxygen atoms in total. The number of nitrogens with one attached hydrogen (secondary N) is 1. The highest BCUT2D eigenvalue weighted by molar-refractivity contribution is 5.75. The number of carboxylic acid groups (broad SMARTS) is 1.